The van der Waals surface area contributed by atoms with Gasteiger partial charge in [0.05, 0.1) is 6.54 Å². The summed E-state index contributed by atoms with van der Waals surface area (Å²) < 4.78 is -1.61. The van der Waals surface area contributed by atoms with E-state index in [-0.39, 0.29) is 18.5 Å². The molecule has 1 heterocycles. The molecule has 2 N–H and O–H groups in total. The number of carbonyl (C=O) groups is 1. The Morgan fingerprint density at radius 2 is 1.96 bits per heavy atom. The lowest BCUT2D eigenvalue weighted by Gasteiger charge is -2.33. The molecule has 0 aliphatic heterocycles. The van der Waals surface area contributed by atoms with Gasteiger partial charge in [-0.2, -0.15) is 4.98 Å². The van der Waals surface area contributed by atoms with Gasteiger partial charge in [0, 0.05) is 32.9 Å². The molecule has 1 aliphatic carbocycles. The predicted octanol–water partition coefficient (Wildman–Crippen LogP) is 3.86. The Bertz CT molecular complexity index is 604. The quantitative estimate of drug-likeness (QED) is 0.675. The molecule has 0 radical (unpaired) electrons. The van der Waals surface area contributed by atoms with E-state index in [1.807, 2.05) is 25.1 Å². The van der Waals surface area contributed by atoms with Crippen molar-refractivity contribution in [1.82, 2.24) is 14.9 Å². The Morgan fingerprint density at radius 3 is 2.50 bits per heavy atom. The summed E-state index contributed by atoms with van der Waals surface area (Å²) in [5.41, 5.74) is 0. The molecule has 1 aromatic heterocycles. The molecule has 1 fully saturated rings. The molecule has 1 aromatic rings. The molecule has 0 atom stereocenters. The second-order valence-corrected chi connectivity index (χ2v) is 9.29. The zero-order valence-corrected chi connectivity index (χ0v) is 17.1. The van der Waals surface area contributed by atoms with E-state index in [1.165, 1.54) is 4.90 Å². The van der Waals surface area contributed by atoms with Gasteiger partial charge in [0.25, 0.3) is 0 Å². The van der Waals surface area contributed by atoms with E-state index in [0.717, 1.165) is 31.5 Å². The summed E-state index contributed by atoms with van der Waals surface area (Å²) in [4.78, 5) is 23.2. The van der Waals surface area contributed by atoms with Gasteiger partial charge in [0.15, 0.2) is 0 Å². The van der Waals surface area contributed by atoms with Crippen molar-refractivity contribution < 1.29 is 9.90 Å². The lowest BCUT2D eigenvalue weighted by atomic mass is 9.85. The fourth-order valence-electron chi connectivity index (χ4n) is 3.08. The van der Waals surface area contributed by atoms with Crippen LogP contribution >= 0.6 is 34.8 Å². The molecular formula is C16H24Cl3N5O2. The summed E-state index contributed by atoms with van der Waals surface area (Å²) in [7, 11) is 3.87. The maximum absolute atomic E-state index is 11.4. The number of carboxylic acid groups (broad SMARTS) is 1. The molecule has 10 heteroatoms. The smallest absolute Gasteiger partial charge is 0.407 e. The molecule has 1 saturated carbocycles. The van der Waals surface area contributed by atoms with Gasteiger partial charge in [-0.05, 0) is 37.7 Å². The zero-order chi connectivity index (χ0) is 19.3. The van der Waals surface area contributed by atoms with E-state index in [4.69, 9.17) is 34.8 Å². The minimum Gasteiger partial charge on any atom is -0.465 e. The predicted molar refractivity (Wildman–Crippen MR) is 106 cm³/mol. The summed E-state index contributed by atoms with van der Waals surface area (Å²) >= 11 is 17.2. The van der Waals surface area contributed by atoms with Gasteiger partial charge in [-0.25, -0.2) is 9.78 Å². The van der Waals surface area contributed by atoms with Crippen LogP contribution < -0.4 is 10.2 Å². The van der Waals surface area contributed by atoms with Gasteiger partial charge >= 0.3 is 6.09 Å². The van der Waals surface area contributed by atoms with E-state index in [2.05, 4.69) is 15.3 Å². The van der Waals surface area contributed by atoms with Crippen molar-refractivity contribution in [2.75, 3.05) is 37.4 Å². The van der Waals surface area contributed by atoms with Gasteiger partial charge in [-0.15, -0.1) is 0 Å². The van der Waals surface area contributed by atoms with Crippen LogP contribution in [0, 0.1) is 5.92 Å². The average molecular weight is 425 g/mol. The lowest BCUT2D eigenvalue weighted by molar-refractivity contribution is 0.131. The highest BCUT2D eigenvalue weighted by atomic mass is 35.6. The van der Waals surface area contributed by atoms with E-state index >= 15 is 0 Å². The number of nitrogens with one attached hydrogen (secondary N) is 1. The van der Waals surface area contributed by atoms with Crippen LogP contribution in [0.5, 0.6) is 0 Å². The maximum atomic E-state index is 11.4. The van der Waals surface area contributed by atoms with E-state index in [9.17, 15) is 9.90 Å². The normalized spacial score (nSPS) is 20.5. The first kappa shape index (κ1) is 21.1. The van der Waals surface area contributed by atoms with Gasteiger partial charge in [-0.1, -0.05) is 34.8 Å². The third kappa shape index (κ3) is 6.85. The molecule has 1 amide bonds. The minimum atomic E-state index is -1.61. The van der Waals surface area contributed by atoms with E-state index in [0.29, 0.717) is 12.5 Å². The first-order chi connectivity index (χ1) is 12.1. The fraction of sp³-hybridized carbons (Fsp3) is 0.688. The molecule has 146 valence electrons. The summed E-state index contributed by atoms with van der Waals surface area (Å²) in [5, 5.41) is 12.7. The van der Waals surface area contributed by atoms with Gasteiger partial charge < -0.3 is 20.2 Å². The van der Waals surface area contributed by atoms with Crippen molar-refractivity contribution in [3.05, 3.63) is 12.3 Å². The highest BCUT2D eigenvalue weighted by Gasteiger charge is 2.30. The molecule has 0 saturated heterocycles. The van der Waals surface area contributed by atoms with Crippen LogP contribution in [0.2, 0.25) is 0 Å². The summed E-state index contributed by atoms with van der Waals surface area (Å²) in [6, 6.07) is 2.13. The highest BCUT2D eigenvalue weighted by molar-refractivity contribution is 6.67. The van der Waals surface area contributed by atoms with Gasteiger partial charge in [-0.3, -0.25) is 0 Å². The van der Waals surface area contributed by atoms with Crippen LogP contribution in [0.15, 0.2) is 12.3 Å². The Hall–Kier alpha value is -1.18. The van der Waals surface area contributed by atoms with Crippen molar-refractivity contribution in [2.24, 2.45) is 5.92 Å². The number of rotatable bonds is 6. The third-order valence-corrected chi connectivity index (χ3v) is 4.76. The number of aromatic nitrogens is 2. The van der Waals surface area contributed by atoms with E-state index < -0.39 is 9.89 Å². The first-order valence-electron chi connectivity index (χ1n) is 8.45. The topological polar surface area (TPSA) is 81.6 Å². The van der Waals surface area contributed by atoms with Crippen molar-refractivity contribution in [2.45, 2.75) is 35.5 Å². The van der Waals surface area contributed by atoms with Crippen LogP contribution in [-0.2, 0) is 0 Å². The zero-order valence-electron chi connectivity index (χ0n) is 14.8. The number of amides is 1. The number of halogens is 3. The Morgan fingerprint density at radius 1 is 1.31 bits per heavy atom. The monoisotopic (exact) mass is 423 g/mol. The second kappa shape index (κ2) is 9.15. The molecule has 0 spiro atoms. The largest absolute Gasteiger partial charge is 0.465 e. The van der Waals surface area contributed by atoms with Crippen LogP contribution in [-0.4, -0.2) is 63.1 Å². The Labute approximate surface area is 168 Å². The molecule has 26 heavy (non-hydrogen) atoms. The highest BCUT2D eigenvalue weighted by Crippen LogP contribution is 2.30. The van der Waals surface area contributed by atoms with Crippen LogP contribution in [0.25, 0.3) is 0 Å². The SMILES string of the molecule is CN(C)c1ccnc(N[C@H]2CC[C@@H](CN(CC(Cl)(Cl)Cl)C(=O)O)CC2)n1. The van der Waals surface area contributed by atoms with Crippen molar-refractivity contribution in [1.29, 1.82) is 0 Å². The number of anilines is 2. The minimum absolute atomic E-state index is 0.129. The second-order valence-electron chi connectivity index (χ2n) is 6.77. The molecule has 0 aromatic carbocycles. The molecule has 0 unspecified atom stereocenters. The number of alkyl halides is 3. The Balaban J connectivity index is 1.84. The van der Waals surface area contributed by atoms with Crippen molar-refractivity contribution >= 4 is 52.7 Å². The van der Waals surface area contributed by atoms with E-state index in [1.54, 1.807) is 6.20 Å². The molecular weight excluding hydrogens is 401 g/mol. The van der Waals surface area contributed by atoms with Crippen LogP contribution in [0.1, 0.15) is 25.7 Å². The molecule has 1 aliphatic rings. The number of nitrogens with zero attached hydrogens (tertiary/aromatic N) is 4. The third-order valence-electron chi connectivity index (χ3n) is 4.40. The number of hydrogen-bond acceptors (Lipinski definition) is 5. The summed E-state index contributed by atoms with van der Waals surface area (Å²) in [6.07, 6.45) is 4.30. The van der Waals surface area contributed by atoms with Crippen molar-refractivity contribution in [3.63, 3.8) is 0 Å². The first-order valence-corrected chi connectivity index (χ1v) is 9.59. The molecule has 0 bridgehead atoms. The molecule has 7 nitrogen and oxygen atoms in total. The fourth-order valence-corrected chi connectivity index (χ4v) is 3.51. The number of hydrogen-bond donors (Lipinski definition) is 2. The standard InChI is InChI=1S/C16H24Cl3N5O2/c1-23(2)13-7-8-20-14(22-13)21-12-5-3-11(4-6-12)9-24(15(25)26)10-16(17,18)19/h7-8,11-12H,3-6,9-10H2,1-2H3,(H,25,26)(H,20,21,22)/t11-,12+. The summed E-state index contributed by atoms with van der Waals surface area (Å²) in [5.74, 6) is 1.72. The molecule has 2 rings (SSSR count). The Kier molecular flexibility index (Phi) is 7.43. The van der Waals surface area contributed by atoms with Gasteiger partial charge in [0.1, 0.15) is 5.82 Å². The van der Waals surface area contributed by atoms with Crippen molar-refractivity contribution in [3.8, 4) is 0 Å². The lowest BCUT2D eigenvalue weighted by Crippen LogP contribution is -2.41. The summed E-state index contributed by atoms with van der Waals surface area (Å²) in [6.45, 7) is 0.249. The van der Waals surface area contributed by atoms with Gasteiger partial charge in [0.2, 0.25) is 9.74 Å². The average Bonchev–Trinajstić information content (AvgIpc) is 2.55. The van der Waals surface area contributed by atoms with Crippen LogP contribution in [0.3, 0.4) is 0 Å². The van der Waals surface area contributed by atoms with Crippen LogP contribution in [0.4, 0.5) is 16.6 Å². The maximum Gasteiger partial charge on any atom is 0.407 e.